The minimum absolute atomic E-state index is 0.663. The number of hydrogen-bond acceptors (Lipinski definition) is 2. The Bertz CT molecular complexity index is 207. The Kier molecular flexibility index (Phi) is 6.66. The van der Waals surface area contributed by atoms with Crippen LogP contribution >= 0.6 is 23.2 Å². The maximum atomic E-state index is 5.97. The molecule has 1 unspecified atom stereocenters. The fraction of sp³-hybridized carbons (Fsp3) is 0.818. The summed E-state index contributed by atoms with van der Waals surface area (Å²) in [6.07, 6.45) is 5.10. The minimum atomic E-state index is 0.663. The van der Waals surface area contributed by atoms with E-state index in [0.717, 1.165) is 24.7 Å². The van der Waals surface area contributed by atoms with Crippen LogP contribution in [-0.2, 0) is 0 Å². The molecule has 1 atom stereocenters. The lowest BCUT2D eigenvalue weighted by Gasteiger charge is -2.35. The number of nitrogens with one attached hydrogen (secondary N) is 1. The first-order chi connectivity index (χ1) is 7.27. The highest BCUT2D eigenvalue weighted by atomic mass is 35.5. The van der Waals surface area contributed by atoms with Crippen LogP contribution in [-0.4, -0.2) is 37.6 Å². The summed E-state index contributed by atoms with van der Waals surface area (Å²) >= 11 is 11.6. The van der Waals surface area contributed by atoms with Crippen LogP contribution in [0.3, 0.4) is 0 Å². The predicted octanol–water partition coefficient (Wildman–Crippen LogP) is 2.77. The second-order valence-corrected chi connectivity index (χ2v) is 4.77. The number of hydrogen-bond donors (Lipinski definition) is 1. The third-order valence-corrected chi connectivity index (χ3v) is 3.55. The van der Waals surface area contributed by atoms with Gasteiger partial charge in [0.2, 0.25) is 0 Å². The Morgan fingerprint density at radius 2 is 2.33 bits per heavy atom. The molecule has 15 heavy (non-hydrogen) atoms. The molecule has 1 N–H and O–H groups in total. The van der Waals surface area contributed by atoms with Crippen LogP contribution in [0.25, 0.3) is 0 Å². The molecule has 0 amide bonds. The van der Waals surface area contributed by atoms with Gasteiger partial charge < -0.3 is 5.32 Å². The zero-order chi connectivity index (χ0) is 11.1. The van der Waals surface area contributed by atoms with Crippen molar-refractivity contribution in [1.29, 1.82) is 0 Å². The van der Waals surface area contributed by atoms with Gasteiger partial charge in [-0.15, -0.1) is 0 Å². The van der Waals surface area contributed by atoms with Gasteiger partial charge in [0.05, 0.1) is 0 Å². The van der Waals surface area contributed by atoms with E-state index in [1.165, 1.54) is 31.2 Å². The van der Waals surface area contributed by atoms with Crippen molar-refractivity contribution in [2.45, 2.75) is 31.7 Å². The van der Waals surface area contributed by atoms with Crippen molar-refractivity contribution in [3.8, 4) is 0 Å². The molecule has 1 fully saturated rings. The van der Waals surface area contributed by atoms with E-state index in [0.29, 0.717) is 6.04 Å². The molecule has 4 heteroatoms. The minimum Gasteiger partial charge on any atom is -0.320 e. The van der Waals surface area contributed by atoms with Crippen molar-refractivity contribution in [3.05, 3.63) is 10.6 Å². The van der Waals surface area contributed by atoms with Crippen LogP contribution in [0.1, 0.15) is 25.7 Å². The monoisotopic (exact) mass is 250 g/mol. The second-order valence-electron chi connectivity index (χ2n) is 4.07. The van der Waals surface area contributed by atoms with E-state index in [1.54, 1.807) is 0 Å². The first-order valence-electron chi connectivity index (χ1n) is 5.61. The average molecular weight is 251 g/mol. The van der Waals surface area contributed by atoms with Crippen molar-refractivity contribution >= 4 is 23.2 Å². The molecular weight excluding hydrogens is 231 g/mol. The molecule has 0 aromatic heterocycles. The average Bonchev–Trinajstić information content (AvgIpc) is 2.28. The van der Waals surface area contributed by atoms with Gasteiger partial charge in [0.15, 0.2) is 0 Å². The molecule has 0 radical (unpaired) electrons. The maximum absolute atomic E-state index is 5.97. The van der Waals surface area contributed by atoms with Gasteiger partial charge in [-0.2, -0.15) is 0 Å². The third-order valence-electron chi connectivity index (χ3n) is 2.95. The summed E-state index contributed by atoms with van der Waals surface area (Å²) in [5.41, 5.74) is 1.48. The lowest BCUT2D eigenvalue weighted by molar-refractivity contribution is 0.155. The van der Waals surface area contributed by atoms with E-state index < -0.39 is 0 Å². The summed E-state index contributed by atoms with van der Waals surface area (Å²) in [5.74, 6) is 0. The van der Waals surface area contributed by atoms with Crippen LogP contribution < -0.4 is 5.32 Å². The number of piperidine rings is 1. The van der Waals surface area contributed by atoms with E-state index in [2.05, 4.69) is 10.2 Å². The summed E-state index contributed by atoms with van der Waals surface area (Å²) in [7, 11) is 2.00. The SMILES string of the molecule is CNCCC1CCCCN1CC(Cl)=CCl. The molecule has 2 nitrogen and oxygen atoms in total. The van der Waals surface area contributed by atoms with Crippen LogP contribution in [0, 0.1) is 0 Å². The lowest BCUT2D eigenvalue weighted by atomic mass is 9.99. The molecule has 0 spiro atoms. The van der Waals surface area contributed by atoms with Gasteiger partial charge in [-0.25, -0.2) is 0 Å². The van der Waals surface area contributed by atoms with Crippen molar-refractivity contribution in [1.82, 2.24) is 10.2 Å². The number of halogens is 2. The predicted molar refractivity (Wildman–Crippen MR) is 67.5 cm³/mol. The number of likely N-dealkylation sites (tertiary alicyclic amines) is 1. The highest BCUT2D eigenvalue weighted by Crippen LogP contribution is 2.21. The smallest absolute Gasteiger partial charge is 0.0434 e. The number of nitrogens with zero attached hydrogens (tertiary/aromatic N) is 1. The van der Waals surface area contributed by atoms with Crippen LogP contribution in [0.4, 0.5) is 0 Å². The standard InChI is InChI=1S/C11H20Cl2N2/c1-14-6-5-11-4-2-3-7-15(11)9-10(13)8-12/h8,11,14H,2-7,9H2,1H3. The van der Waals surface area contributed by atoms with E-state index in [1.807, 2.05) is 7.05 Å². The molecular formula is C11H20Cl2N2. The van der Waals surface area contributed by atoms with Crippen LogP contribution in [0.15, 0.2) is 10.6 Å². The Morgan fingerprint density at radius 3 is 3.00 bits per heavy atom. The molecule has 0 aromatic rings. The van der Waals surface area contributed by atoms with E-state index in [9.17, 15) is 0 Å². The lowest BCUT2D eigenvalue weighted by Crippen LogP contribution is -2.41. The normalized spacial score (nSPS) is 24.5. The van der Waals surface area contributed by atoms with Gasteiger partial charge in [0.1, 0.15) is 0 Å². The van der Waals surface area contributed by atoms with Gasteiger partial charge in [0, 0.05) is 23.2 Å². The molecule has 1 rings (SSSR count). The summed E-state index contributed by atoms with van der Waals surface area (Å²) in [4.78, 5) is 2.45. The van der Waals surface area contributed by atoms with Crippen LogP contribution in [0.5, 0.6) is 0 Å². The zero-order valence-electron chi connectivity index (χ0n) is 9.31. The number of rotatable bonds is 5. The summed E-state index contributed by atoms with van der Waals surface area (Å²) in [5, 5.41) is 3.95. The quantitative estimate of drug-likeness (QED) is 0.808. The highest BCUT2D eigenvalue weighted by Gasteiger charge is 2.21. The van der Waals surface area contributed by atoms with Crippen molar-refractivity contribution in [3.63, 3.8) is 0 Å². The third kappa shape index (κ3) is 4.73. The highest BCUT2D eigenvalue weighted by molar-refractivity contribution is 6.36. The molecule has 0 aromatic carbocycles. The first-order valence-corrected chi connectivity index (χ1v) is 6.42. The first kappa shape index (κ1) is 13.3. The van der Waals surface area contributed by atoms with E-state index >= 15 is 0 Å². The van der Waals surface area contributed by atoms with Crippen molar-refractivity contribution < 1.29 is 0 Å². The Morgan fingerprint density at radius 1 is 1.53 bits per heavy atom. The Hall–Kier alpha value is 0.240. The van der Waals surface area contributed by atoms with Crippen molar-refractivity contribution in [2.24, 2.45) is 0 Å². The van der Waals surface area contributed by atoms with E-state index in [4.69, 9.17) is 23.2 Å². The van der Waals surface area contributed by atoms with Crippen molar-refractivity contribution in [2.75, 3.05) is 26.7 Å². The molecule has 1 aliphatic rings. The molecule has 0 bridgehead atoms. The largest absolute Gasteiger partial charge is 0.320 e. The molecule has 1 saturated heterocycles. The summed E-state index contributed by atoms with van der Waals surface area (Å²) < 4.78 is 0. The summed E-state index contributed by atoms with van der Waals surface area (Å²) in [6.45, 7) is 3.03. The van der Waals surface area contributed by atoms with Gasteiger partial charge in [-0.3, -0.25) is 4.90 Å². The Labute approximate surface area is 103 Å². The van der Waals surface area contributed by atoms with Gasteiger partial charge >= 0.3 is 0 Å². The topological polar surface area (TPSA) is 15.3 Å². The fourth-order valence-electron chi connectivity index (χ4n) is 2.13. The molecule has 0 saturated carbocycles. The van der Waals surface area contributed by atoms with Crippen LogP contribution in [0.2, 0.25) is 0 Å². The summed E-state index contributed by atoms with van der Waals surface area (Å²) in [6, 6.07) is 0.663. The zero-order valence-corrected chi connectivity index (χ0v) is 10.8. The van der Waals surface area contributed by atoms with Gasteiger partial charge in [-0.1, -0.05) is 29.6 Å². The fourth-order valence-corrected chi connectivity index (χ4v) is 2.36. The second kappa shape index (κ2) is 7.50. The molecule has 88 valence electrons. The molecule has 1 aliphatic heterocycles. The molecule has 1 heterocycles. The van der Waals surface area contributed by atoms with E-state index in [-0.39, 0.29) is 0 Å². The van der Waals surface area contributed by atoms with Gasteiger partial charge in [-0.05, 0) is 39.4 Å². The molecule has 0 aliphatic carbocycles. The Balaban J connectivity index is 2.42. The van der Waals surface area contributed by atoms with Gasteiger partial charge in [0.25, 0.3) is 0 Å². The maximum Gasteiger partial charge on any atom is 0.0434 e.